The highest BCUT2D eigenvalue weighted by atomic mass is 32.2. The molecule has 0 bridgehead atoms. The monoisotopic (exact) mass is 375 g/mol. The summed E-state index contributed by atoms with van der Waals surface area (Å²) in [7, 11) is -3.83. The molecule has 0 saturated carbocycles. The van der Waals surface area contributed by atoms with Gasteiger partial charge in [-0.15, -0.1) is 0 Å². The number of benzene rings is 2. The van der Waals surface area contributed by atoms with E-state index in [1.54, 1.807) is 13.0 Å². The molecule has 0 aliphatic carbocycles. The van der Waals surface area contributed by atoms with Gasteiger partial charge in [-0.1, -0.05) is 19.1 Å². The number of ether oxygens (including phenoxy) is 1. The smallest absolute Gasteiger partial charge is 0.238 e. The van der Waals surface area contributed by atoms with E-state index in [1.807, 2.05) is 6.92 Å². The third-order valence-corrected chi connectivity index (χ3v) is 5.42. The van der Waals surface area contributed by atoms with Gasteiger partial charge in [0, 0.05) is 5.56 Å². The normalized spacial score (nSPS) is 20.4. The molecule has 3 rings (SSSR count). The molecule has 0 fully saturated rings. The molecule has 1 aliphatic rings. The molecule has 0 saturated heterocycles. The third kappa shape index (κ3) is 3.15. The number of Topliss-reactive ketones (excluding diaryl/α,β-unsaturated/α-hetero) is 1. The summed E-state index contributed by atoms with van der Waals surface area (Å²) >= 11 is 0. The van der Waals surface area contributed by atoms with Crippen LogP contribution in [0.3, 0.4) is 0 Å². The maximum absolute atomic E-state index is 13.7. The van der Waals surface area contributed by atoms with Crippen LogP contribution in [0.4, 0.5) is 4.39 Å². The van der Waals surface area contributed by atoms with Crippen molar-refractivity contribution in [2.24, 2.45) is 5.14 Å². The Kier molecular flexibility index (Phi) is 4.46. The molecule has 7 heteroatoms. The Morgan fingerprint density at radius 2 is 1.77 bits per heavy atom. The van der Waals surface area contributed by atoms with Gasteiger partial charge in [0.1, 0.15) is 11.6 Å². The summed E-state index contributed by atoms with van der Waals surface area (Å²) in [4.78, 5) is 12.9. The van der Waals surface area contributed by atoms with Gasteiger partial charge in [0.2, 0.25) is 15.8 Å². The number of ketones is 1. The quantitative estimate of drug-likeness (QED) is 0.890. The number of hydrogen-bond donors (Lipinski definition) is 1. The molecule has 1 unspecified atom stereocenters. The van der Waals surface area contributed by atoms with Crippen molar-refractivity contribution in [3.05, 3.63) is 65.5 Å². The lowest BCUT2D eigenvalue weighted by molar-refractivity contribution is -0.126. The fourth-order valence-electron chi connectivity index (χ4n) is 2.83. The van der Waals surface area contributed by atoms with Crippen LogP contribution in [0.5, 0.6) is 0 Å². The van der Waals surface area contributed by atoms with Crippen molar-refractivity contribution < 1.29 is 22.3 Å². The average Bonchev–Trinajstić information content (AvgIpc) is 2.86. The molecule has 0 amide bonds. The van der Waals surface area contributed by atoms with Gasteiger partial charge in [-0.2, -0.15) is 0 Å². The number of halogens is 1. The second kappa shape index (κ2) is 6.34. The second-order valence-electron chi connectivity index (χ2n) is 6.30. The number of primary sulfonamides is 1. The van der Waals surface area contributed by atoms with Crippen molar-refractivity contribution in [2.75, 3.05) is 0 Å². The lowest BCUT2D eigenvalue weighted by Crippen LogP contribution is -2.32. The summed E-state index contributed by atoms with van der Waals surface area (Å²) < 4.78 is 42.5. The number of carbonyl (C=O) groups excluding carboxylic acids is 1. The molecule has 5 nitrogen and oxygen atoms in total. The van der Waals surface area contributed by atoms with Gasteiger partial charge < -0.3 is 4.74 Å². The average molecular weight is 375 g/mol. The molecular weight excluding hydrogens is 357 g/mol. The first-order chi connectivity index (χ1) is 12.2. The van der Waals surface area contributed by atoms with Gasteiger partial charge in [0.05, 0.1) is 10.5 Å². The van der Waals surface area contributed by atoms with Crippen LogP contribution >= 0.6 is 0 Å². The molecule has 0 radical (unpaired) electrons. The van der Waals surface area contributed by atoms with Crippen LogP contribution < -0.4 is 5.14 Å². The van der Waals surface area contributed by atoms with E-state index in [0.29, 0.717) is 23.3 Å². The van der Waals surface area contributed by atoms with E-state index in [1.165, 1.54) is 42.5 Å². The minimum absolute atomic E-state index is 0.0447. The number of nitrogens with two attached hydrogens (primary N) is 1. The first-order valence-corrected chi connectivity index (χ1v) is 9.57. The molecule has 2 N–H and O–H groups in total. The van der Waals surface area contributed by atoms with Crippen LogP contribution in [0, 0.1) is 5.82 Å². The zero-order chi connectivity index (χ0) is 19.1. The standard InChI is InChI=1S/C19H18FNO4S/c1-3-19(2)18(22)16(13-5-4-6-14(20)11-13)17(25-19)12-7-9-15(10-8-12)26(21,23)24/h4-11H,3H2,1-2H3,(H2,21,23,24). The molecule has 0 aromatic heterocycles. The van der Waals surface area contributed by atoms with E-state index in [0.717, 1.165) is 0 Å². The van der Waals surface area contributed by atoms with Gasteiger partial charge in [-0.05, 0) is 55.3 Å². The van der Waals surface area contributed by atoms with Crippen LogP contribution in [0.15, 0.2) is 53.4 Å². The van der Waals surface area contributed by atoms with E-state index in [4.69, 9.17) is 9.88 Å². The number of sulfonamides is 1. The van der Waals surface area contributed by atoms with Crippen molar-refractivity contribution in [1.82, 2.24) is 0 Å². The second-order valence-corrected chi connectivity index (χ2v) is 7.86. The molecule has 1 heterocycles. The topological polar surface area (TPSA) is 86.5 Å². The maximum atomic E-state index is 13.7. The molecule has 26 heavy (non-hydrogen) atoms. The predicted molar refractivity (Wildman–Crippen MR) is 95.8 cm³/mol. The summed E-state index contributed by atoms with van der Waals surface area (Å²) in [5, 5.41) is 5.12. The van der Waals surface area contributed by atoms with Crippen LogP contribution in [-0.4, -0.2) is 19.8 Å². The van der Waals surface area contributed by atoms with E-state index in [-0.39, 0.29) is 16.3 Å². The predicted octanol–water partition coefficient (Wildman–Crippen LogP) is 3.11. The third-order valence-electron chi connectivity index (χ3n) is 4.49. The highest BCUT2D eigenvalue weighted by Gasteiger charge is 2.45. The first-order valence-electron chi connectivity index (χ1n) is 8.03. The molecule has 1 aliphatic heterocycles. The van der Waals surface area contributed by atoms with Gasteiger partial charge >= 0.3 is 0 Å². The Labute approximate surface area is 151 Å². The minimum atomic E-state index is -3.83. The van der Waals surface area contributed by atoms with Crippen molar-refractivity contribution in [2.45, 2.75) is 30.8 Å². The van der Waals surface area contributed by atoms with Crippen LogP contribution in [-0.2, 0) is 19.6 Å². The first kappa shape index (κ1) is 18.3. The Morgan fingerprint density at radius 3 is 2.31 bits per heavy atom. The van der Waals surface area contributed by atoms with Crippen LogP contribution in [0.1, 0.15) is 31.4 Å². The number of hydrogen-bond acceptors (Lipinski definition) is 4. The Morgan fingerprint density at radius 1 is 1.12 bits per heavy atom. The molecule has 2 aromatic rings. The van der Waals surface area contributed by atoms with Crippen LogP contribution in [0.25, 0.3) is 11.3 Å². The number of carbonyl (C=O) groups is 1. The fraction of sp³-hybridized carbons (Fsp3) is 0.211. The SMILES string of the molecule is CCC1(C)OC(c2ccc(S(N)(=O)=O)cc2)=C(c2cccc(F)c2)C1=O. The fourth-order valence-corrected chi connectivity index (χ4v) is 3.34. The highest BCUT2D eigenvalue weighted by molar-refractivity contribution is 7.89. The molecular formula is C19H18FNO4S. The molecule has 2 aromatic carbocycles. The van der Waals surface area contributed by atoms with E-state index >= 15 is 0 Å². The zero-order valence-electron chi connectivity index (χ0n) is 14.3. The van der Waals surface area contributed by atoms with Crippen molar-refractivity contribution in [3.8, 4) is 0 Å². The van der Waals surface area contributed by atoms with Gasteiger partial charge in [-0.3, -0.25) is 4.79 Å². The van der Waals surface area contributed by atoms with Crippen molar-refractivity contribution >= 4 is 27.1 Å². The molecule has 0 spiro atoms. The van der Waals surface area contributed by atoms with E-state index in [9.17, 15) is 17.6 Å². The maximum Gasteiger partial charge on any atom is 0.238 e. The summed E-state index contributed by atoms with van der Waals surface area (Å²) in [6.07, 6.45) is 0.434. The van der Waals surface area contributed by atoms with Crippen molar-refractivity contribution in [3.63, 3.8) is 0 Å². The minimum Gasteiger partial charge on any atom is -0.478 e. The summed E-state index contributed by atoms with van der Waals surface area (Å²) in [5.41, 5.74) is 0.146. The lowest BCUT2D eigenvalue weighted by Gasteiger charge is -2.21. The molecule has 136 valence electrons. The van der Waals surface area contributed by atoms with Gasteiger partial charge in [-0.25, -0.2) is 17.9 Å². The molecule has 1 atom stereocenters. The van der Waals surface area contributed by atoms with E-state index < -0.39 is 21.4 Å². The number of rotatable bonds is 4. The van der Waals surface area contributed by atoms with E-state index in [2.05, 4.69) is 0 Å². The lowest BCUT2D eigenvalue weighted by atomic mass is 9.90. The Hall–Kier alpha value is -2.51. The summed E-state index contributed by atoms with van der Waals surface area (Å²) in [5.74, 6) is -0.404. The largest absolute Gasteiger partial charge is 0.478 e. The van der Waals surface area contributed by atoms with Gasteiger partial charge in [0.15, 0.2) is 5.60 Å². The van der Waals surface area contributed by atoms with Gasteiger partial charge in [0.25, 0.3) is 0 Å². The Balaban J connectivity index is 2.18. The highest BCUT2D eigenvalue weighted by Crippen LogP contribution is 2.43. The summed E-state index contributed by atoms with van der Waals surface area (Å²) in [6, 6.07) is 11.5. The van der Waals surface area contributed by atoms with Crippen molar-refractivity contribution in [1.29, 1.82) is 0 Å². The zero-order valence-corrected chi connectivity index (χ0v) is 15.1. The summed E-state index contributed by atoms with van der Waals surface area (Å²) in [6.45, 7) is 3.51. The Bertz CT molecular complexity index is 1010. The van der Waals surface area contributed by atoms with Crippen LogP contribution in [0.2, 0.25) is 0 Å².